The SMILES string of the molecule is O=C(CCn1[nH]c(=O)c2ccccc2c1=O)N1CCN(Cc2ccccn2)CC1. The average molecular weight is 393 g/mol. The summed E-state index contributed by atoms with van der Waals surface area (Å²) in [7, 11) is 0. The van der Waals surface area contributed by atoms with E-state index in [0.717, 1.165) is 25.3 Å². The number of rotatable bonds is 5. The van der Waals surface area contributed by atoms with E-state index in [2.05, 4.69) is 15.0 Å². The van der Waals surface area contributed by atoms with E-state index < -0.39 is 0 Å². The number of benzene rings is 1. The van der Waals surface area contributed by atoms with E-state index in [4.69, 9.17) is 0 Å². The summed E-state index contributed by atoms with van der Waals surface area (Å²) in [6.07, 6.45) is 1.96. The normalized spacial score (nSPS) is 15.0. The van der Waals surface area contributed by atoms with Crippen molar-refractivity contribution in [1.82, 2.24) is 24.6 Å². The molecule has 0 saturated carbocycles. The minimum atomic E-state index is -0.323. The fourth-order valence-corrected chi connectivity index (χ4v) is 3.65. The van der Waals surface area contributed by atoms with E-state index in [0.29, 0.717) is 23.9 Å². The number of hydrogen-bond acceptors (Lipinski definition) is 5. The number of aryl methyl sites for hydroxylation is 1. The Bertz CT molecular complexity index is 1110. The van der Waals surface area contributed by atoms with Crippen molar-refractivity contribution in [1.29, 1.82) is 0 Å². The summed E-state index contributed by atoms with van der Waals surface area (Å²) < 4.78 is 1.24. The molecule has 1 amide bonds. The molecule has 1 N–H and O–H groups in total. The zero-order chi connectivity index (χ0) is 20.2. The van der Waals surface area contributed by atoms with Crippen LogP contribution in [0.25, 0.3) is 10.8 Å². The van der Waals surface area contributed by atoms with Crippen molar-refractivity contribution in [2.45, 2.75) is 19.5 Å². The summed E-state index contributed by atoms with van der Waals surface area (Å²) in [5, 5.41) is 3.31. The van der Waals surface area contributed by atoms with Gasteiger partial charge in [0.2, 0.25) is 5.91 Å². The van der Waals surface area contributed by atoms with Gasteiger partial charge in [-0.05, 0) is 24.3 Å². The van der Waals surface area contributed by atoms with Gasteiger partial charge in [-0.2, -0.15) is 0 Å². The smallest absolute Gasteiger partial charge is 0.273 e. The Hall–Kier alpha value is -3.26. The number of fused-ring (bicyclic) bond motifs is 1. The molecule has 0 aliphatic carbocycles. The number of hydrogen-bond donors (Lipinski definition) is 1. The van der Waals surface area contributed by atoms with Crippen molar-refractivity contribution in [2.24, 2.45) is 0 Å². The second-order valence-electron chi connectivity index (χ2n) is 7.17. The second kappa shape index (κ2) is 8.40. The fraction of sp³-hybridized carbons (Fsp3) is 0.333. The number of carbonyl (C=O) groups is 1. The van der Waals surface area contributed by atoms with Gasteiger partial charge >= 0.3 is 0 Å². The lowest BCUT2D eigenvalue weighted by Gasteiger charge is -2.34. The molecule has 0 unspecified atom stereocenters. The van der Waals surface area contributed by atoms with E-state index in [9.17, 15) is 14.4 Å². The second-order valence-corrected chi connectivity index (χ2v) is 7.17. The van der Waals surface area contributed by atoms with Crippen molar-refractivity contribution in [3.8, 4) is 0 Å². The highest BCUT2D eigenvalue weighted by Gasteiger charge is 2.21. The van der Waals surface area contributed by atoms with Crippen LogP contribution in [0.5, 0.6) is 0 Å². The summed E-state index contributed by atoms with van der Waals surface area (Å²) in [4.78, 5) is 45.7. The predicted octanol–water partition coefficient (Wildman–Crippen LogP) is 0.819. The molecule has 3 aromatic rings. The number of aromatic amines is 1. The lowest BCUT2D eigenvalue weighted by molar-refractivity contribution is -0.133. The zero-order valence-electron chi connectivity index (χ0n) is 16.1. The van der Waals surface area contributed by atoms with Gasteiger partial charge in [0.1, 0.15) is 0 Å². The molecule has 0 spiro atoms. The van der Waals surface area contributed by atoms with Crippen molar-refractivity contribution in [3.05, 3.63) is 75.1 Å². The standard InChI is InChI=1S/C21H23N5O3/c27-19(25-13-11-24(12-14-25)15-16-5-3-4-9-22-16)8-10-26-21(29)18-7-2-1-6-17(18)20(28)23-26/h1-7,9H,8,10-15H2,(H,23,28). The molecule has 1 saturated heterocycles. The van der Waals surface area contributed by atoms with E-state index in [1.807, 2.05) is 23.1 Å². The maximum atomic E-state index is 12.6. The highest BCUT2D eigenvalue weighted by Crippen LogP contribution is 2.08. The molecule has 1 aliphatic rings. The first-order valence-corrected chi connectivity index (χ1v) is 9.74. The van der Waals surface area contributed by atoms with Crippen LogP contribution in [0.3, 0.4) is 0 Å². The number of piperazine rings is 1. The van der Waals surface area contributed by atoms with E-state index in [1.54, 1.807) is 30.5 Å². The molecule has 4 rings (SSSR count). The van der Waals surface area contributed by atoms with E-state index >= 15 is 0 Å². The highest BCUT2D eigenvalue weighted by atomic mass is 16.2. The Labute approximate surface area is 167 Å². The van der Waals surface area contributed by atoms with Gasteiger partial charge in [-0.1, -0.05) is 18.2 Å². The number of nitrogens with zero attached hydrogens (tertiary/aromatic N) is 4. The number of nitrogens with one attached hydrogen (secondary N) is 1. The molecule has 3 heterocycles. The van der Waals surface area contributed by atoms with Gasteiger partial charge in [0, 0.05) is 45.3 Å². The van der Waals surface area contributed by atoms with Gasteiger partial charge in [0.25, 0.3) is 11.1 Å². The van der Waals surface area contributed by atoms with Gasteiger partial charge < -0.3 is 4.90 Å². The van der Waals surface area contributed by atoms with Crippen LogP contribution in [0, 0.1) is 0 Å². The van der Waals surface area contributed by atoms with Gasteiger partial charge in [-0.15, -0.1) is 0 Å². The van der Waals surface area contributed by atoms with Crippen molar-refractivity contribution >= 4 is 16.7 Å². The van der Waals surface area contributed by atoms with Crippen LogP contribution >= 0.6 is 0 Å². The molecule has 29 heavy (non-hydrogen) atoms. The van der Waals surface area contributed by atoms with Crippen LogP contribution in [-0.2, 0) is 17.9 Å². The van der Waals surface area contributed by atoms with Gasteiger partial charge in [0.05, 0.1) is 23.0 Å². The molecular formula is C21H23N5O3. The van der Waals surface area contributed by atoms with Crippen LogP contribution in [0.1, 0.15) is 12.1 Å². The highest BCUT2D eigenvalue weighted by molar-refractivity contribution is 5.80. The molecule has 150 valence electrons. The summed E-state index contributed by atoms with van der Waals surface area (Å²) in [6, 6.07) is 12.6. The van der Waals surface area contributed by atoms with E-state index in [-0.39, 0.29) is 30.0 Å². The monoisotopic (exact) mass is 393 g/mol. The number of amides is 1. The number of aromatic nitrogens is 3. The molecule has 1 aromatic carbocycles. The van der Waals surface area contributed by atoms with Gasteiger partial charge in [0.15, 0.2) is 0 Å². The minimum absolute atomic E-state index is 0.0107. The predicted molar refractivity (Wildman–Crippen MR) is 110 cm³/mol. The lowest BCUT2D eigenvalue weighted by Crippen LogP contribution is -2.48. The Balaban J connectivity index is 1.34. The van der Waals surface area contributed by atoms with E-state index in [1.165, 1.54) is 4.68 Å². The summed E-state index contributed by atoms with van der Waals surface area (Å²) in [6.45, 7) is 3.80. The molecule has 0 radical (unpaired) electrons. The lowest BCUT2D eigenvalue weighted by atomic mass is 10.2. The molecule has 1 aliphatic heterocycles. The first-order chi connectivity index (χ1) is 14.1. The Kier molecular flexibility index (Phi) is 5.53. The topological polar surface area (TPSA) is 91.3 Å². The largest absolute Gasteiger partial charge is 0.340 e. The minimum Gasteiger partial charge on any atom is -0.340 e. The van der Waals surface area contributed by atoms with Gasteiger partial charge in [-0.3, -0.25) is 29.4 Å². The average Bonchev–Trinajstić information content (AvgIpc) is 2.76. The van der Waals surface area contributed by atoms with Crippen LogP contribution in [0.15, 0.2) is 58.3 Å². The third-order valence-electron chi connectivity index (χ3n) is 5.27. The molecule has 1 fully saturated rings. The van der Waals surface area contributed by atoms with Crippen LogP contribution in [-0.4, -0.2) is 56.7 Å². The maximum Gasteiger partial charge on any atom is 0.273 e. The van der Waals surface area contributed by atoms with Crippen molar-refractivity contribution in [2.75, 3.05) is 26.2 Å². The third-order valence-corrected chi connectivity index (χ3v) is 5.27. The number of pyridine rings is 1. The summed E-state index contributed by atoms with van der Waals surface area (Å²) in [5.41, 5.74) is 0.413. The van der Waals surface area contributed by atoms with Crippen LogP contribution < -0.4 is 11.1 Å². The van der Waals surface area contributed by atoms with Crippen LogP contribution in [0.2, 0.25) is 0 Å². The molecule has 8 nitrogen and oxygen atoms in total. The quantitative estimate of drug-likeness (QED) is 0.693. The maximum absolute atomic E-state index is 12.6. The first kappa shape index (κ1) is 19.1. The Morgan fingerprint density at radius 2 is 1.69 bits per heavy atom. The van der Waals surface area contributed by atoms with Gasteiger partial charge in [-0.25, -0.2) is 4.68 Å². The van der Waals surface area contributed by atoms with Crippen LogP contribution in [0.4, 0.5) is 0 Å². The van der Waals surface area contributed by atoms with Crippen molar-refractivity contribution in [3.63, 3.8) is 0 Å². The molecular weight excluding hydrogens is 370 g/mol. The molecule has 0 bridgehead atoms. The third kappa shape index (κ3) is 4.27. The zero-order valence-corrected chi connectivity index (χ0v) is 16.1. The summed E-state index contributed by atoms with van der Waals surface area (Å²) >= 11 is 0. The Morgan fingerprint density at radius 1 is 0.966 bits per heavy atom. The first-order valence-electron chi connectivity index (χ1n) is 9.74. The number of carbonyl (C=O) groups excluding carboxylic acids is 1. The molecule has 2 aromatic heterocycles. The molecule has 0 atom stereocenters. The number of H-pyrrole nitrogens is 1. The Morgan fingerprint density at radius 3 is 2.41 bits per heavy atom. The summed E-state index contributed by atoms with van der Waals surface area (Å²) in [5.74, 6) is -0.0107. The molecule has 8 heteroatoms. The van der Waals surface area contributed by atoms with Crippen molar-refractivity contribution < 1.29 is 4.79 Å². The fourth-order valence-electron chi connectivity index (χ4n) is 3.65.